The number of hydrogen-bond acceptors (Lipinski definition) is 4. The van der Waals surface area contributed by atoms with Gasteiger partial charge in [-0.2, -0.15) is 0 Å². The van der Waals surface area contributed by atoms with E-state index in [4.69, 9.17) is 14.9 Å². The smallest absolute Gasteiger partial charge is 0.319 e. The molecule has 0 saturated heterocycles. The third-order valence-corrected chi connectivity index (χ3v) is 2.60. The Morgan fingerprint density at radius 3 is 2.75 bits per heavy atom. The molecular weight excluding hydrogens is 264 g/mol. The molecule has 0 aliphatic heterocycles. The number of ether oxygens (including phenoxy) is 1. The van der Waals surface area contributed by atoms with Crippen molar-refractivity contribution in [2.45, 2.75) is 6.42 Å². The Morgan fingerprint density at radius 1 is 1.40 bits per heavy atom. The summed E-state index contributed by atoms with van der Waals surface area (Å²) in [7, 11) is 1.52. The Kier molecular flexibility index (Phi) is 6.31. The molecule has 0 saturated carbocycles. The molecule has 110 valence electrons. The van der Waals surface area contributed by atoms with Crippen LogP contribution in [0.15, 0.2) is 24.3 Å². The number of urea groups is 1. The van der Waals surface area contributed by atoms with E-state index in [-0.39, 0.29) is 19.6 Å². The summed E-state index contributed by atoms with van der Waals surface area (Å²) < 4.78 is 5.03. The van der Waals surface area contributed by atoms with Gasteiger partial charge in [0.05, 0.1) is 13.5 Å². The first-order valence-electron chi connectivity index (χ1n) is 6.06. The van der Waals surface area contributed by atoms with Crippen LogP contribution in [0.2, 0.25) is 0 Å². The van der Waals surface area contributed by atoms with E-state index in [0.717, 1.165) is 0 Å². The maximum absolute atomic E-state index is 11.6. The number of carbonyl (C=O) groups excluding carboxylic acids is 1. The maximum Gasteiger partial charge on any atom is 0.319 e. The summed E-state index contributed by atoms with van der Waals surface area (Å²) in [4.78, 5) is 22.1. The normalized spacial score (nSPS) is 11.5. The number of hydrogen-bond donors (Lipinski definition) is 4. The summed E-state index contributed by atoms with van der Waals surface area (Å²) in [6.45, 7) is -0.218. The molecule has 0 spiro atoms. The molecule has 1 rings (SSSR count). The van der Waals surface area contributed by atoms with E-state index in [0.29, 0.717) is 11.4 Å². The van der Waals surface area contributed by atoms with Crippen LogP contribution in [0, 0.1) is 5.92 Å². The summed E-state index contributed by atoms with van der Waals surface area (Å²) >= 11 is 0. The summed E-state index contributed by atoms with van der Waals surface area (Å²) in [6.07, 6.45) is -0.198. The molecule has 2 amide bonds. The predicted molar refractivity (Wildman–Crippen MR) is 72.8 cm³/mol. The van der Waals surface area contributed by atoms with Crippen molar-refractivity contribution in [2.75, 3.05) is 25.6 Å². The molecule has 7 nitrogen and oxygen atoms in total. The first-order chi connectivity index (χ1) is 9.55. The molecular formula is C13H18N2O5. The second-order valence-electron chi connectivity index (χ2n) is 4.21. The zero-order valence-corrected chi connectivity index (χ0v) is 11.1. The molecule has 0 heterocycles. The minimum atomic E-state index is -1.01. The standard InChI is InChI=1S/C13H18N2O5/c1-20-11-4-2-3-10(6-11)15-13(19)14-7-9(8-16)5-12(17)18/h2-4,6,9,16H,5,7-8H2,1H3,(H,17,18)(H2,14,15,19). The fourth-order valence-electron chi connectivity index (χ4n) is 1.56. The second kappa shape index (κ2) is 8.00. The van der Waals surface area contributed by atoms with Gasteiger partial charge in [-0.25, -0.2) is 4.79 Å². The number of benzene rings is 1. The van der Waals surface area contributed by atoms with Crippen molar-refractivity contribution < 1.29 is 24.5 Å². The third-order valence-electron chi connectivity index (χ3n) is 2.60. The molecule has 1 unspecified atom stereocenters. The maximum atomic E-state index is 11.6. The molecule has 7 heteroatoms. The van der Waals surface area contributed by atoms with Gasteiger partial charge in [0.2, 0.25) is 0 Å². The molecule has 1 atom stereocenters. The van der Waals surface area contributed by atoms with Crippen molar-refractivity contribution in [3.63, 3.8) is 0 Å². The van der Waals surface area contributed by atoms with Gasteiger partial charge < -0.3 is 25.6 Å². The molecule has 1 aromatic rings. The Morgan fingerprint density at radius 2 is 2.15 bits per heavy atom. The highest BCUT2D eigenvalue weighted by atomic mass is 16.5. The van der Waals surface area contributed by atoms with Gasteiger partial charge in [0.15, 0.2) is 0 Å². The van der Waals surface area contributed by atoms with Crippen molar-refractivity contribution in [3.05, 3.63) is 24.3 Å². The third kappa shape index (κ3) is 5.57. The molecule has 0 aliphatic rings. The van der Waals surface area contributed by atoms with Gasteiger partial charge >= 0.3 is 12.0 Å². The lowest BCUT2D eigenvalue weighted by Gasteiger charge is -2.13. The Balaban J connectivity index is 2.44. The molecule has 0 aromatic heterocycles. The van der Waals surface area contributed by atoms with Gasteiger partial charge in [0.1, 0.15) is 5.75 Å². The van der Waals surface area contributed by atoms with Crippen molar-refractivity contribution in [2.24, 2.45) is 5.92 Å². The first kappa shape index (κ1) is 15.8. The molecule has 1 aromatic carbocycles. The van der Waals surface area contributed by atoms with E-state index >= 15 is 0 Å². The minimum Gasteiger partial charge on any atom is -0.497 e. The summed E-state index contributed by atoms with van der Waals surface area (Å²) in [5.74, 6) is -0.912. The van der Waals surface area contributed by atoms with Gasteiger partial charge in [0, 0.05) is 30.8 Å². The lowest BCUT2D eigenvalue weighted by Crippen LogP contribution is -2.35. The minimum absolute atomic E-state index is 0.0819. The van der Waals surface area contributed by atoms with Crippen LogP contribution in [0.5, 0.6) is 5.75 Å². The number of nitrogens with one attached hydrogen (secondary N) is 2. The quantitative estimate of drug-likeness (QED) is 0.594. The van der Waals surface area contributed by atoms with Crippen molar-refractivity contribution in [1.82, 2.24) is 5.32 Å². The average Bonchev–Trinajstić information content (AvgIpc) is 2.43. The van der Waals surface area contributed by atoms with Crippen LogP contribution in [0.25, 0.3) is 0 Å². The number of aliphatic hydroxyl groups excluding tert-OH is 1. The number of methoxy groups -OCH3 is 1. The van der Waals surface area contributed by atoms with Crippen LogP contribution in [-0.4, -0.2) is 42.5 Å². The Bertz CT molecular complexity index is 464. The number of aliphatic hydroxyl groups is 1. The van der Waals surface area contributed by atoms with E-state index < -0.39 is 17.9 Å². The predicted octanol–water partition coefficient (Wildman–Crippen LogP) is 0.900. The lowest BCUT2D eigenvalue weighted by atomic mass is 10.1. The number of carboxylic acids is 1. The monoisotopic (exact) mass is 282 g/mol. The highest BCUT2D eigenvalue weighted by molar-refractivity contribution is 5.89. The number of aliphatic carboxylic acids is 1. The molecule has 0 radical (unpaired) electrons. The van der Waals surface area contributed by atoms with Gasteiger partial charge in [-0.3, -0.25) is 4.79 Å². The molecule has 0 aliphatic carbocycles. The molecule has 20 heavy (non-hydrogen) atoms. The second-order valence-corrected chi connectivity index (χ2v) is 4.21. The van der Waals surface area contributed by atoms with Crippen molar-refractivity contribution in [3.8, 4) is 5.75 Å². The fourth-order valence-corrected chi connectivity index (χ4v) is 1.56. The van der Waals surface area contributed by atoms with Crippen LogP contribution in [-0.2, 0) is 4.79 Å². The molecule has 0 fully saturated rings. The average molecular weight is 282 g/mol. The van der Waals surface area contributed by atoms with Crippen molar-refractivity contribution in [1.29, 1.82) is 0 Å². The largest absolute Gasteiger partial charge is 0.497 e. The van der Waals surface area contributed by atoms with E-state index in [1.807, 2.05) is 0 Å². The summed E-state index contributed by atoms with van der Waals surface area (Å²) in [5.41, 5.74) is 0.556. The number of carbonyl (C=O) groups is 2. The summed E-state index contributed by atoms with van der Waals surface area (Å²) in [5, 5.41) is 22.7. The Labute approximate surface area is 116 Å². The van der Waals surface area contributed by atoms with Crippen LogP contribution in [0.4, 0.5) is 10.5 Å². The molecule has 0 bridgehead atoms. The zero-order valence-electron chi connectivity index (χ0n) is 11.1. The number of anilines is 1. The lowest BCUT2D eigenvalue weighted by molar-refractivity contribution is -0.138. The highest BCUT2D eigenvalue weighted by Crippen LogP contribution is 2.16. The number of rotatable bonds is 7. The van der Waals surface area contributed by atoms with Gasteiger partial charge in [-0.1, -0.05) is 6.07 Å². The van der Waals surface area contributed by atoms with Crippen LogP contribution in [0.1, 0.15) is 6.42 Å². The van der Waals surface area contributed by atoms with E-state index in [1.165, 1.54) is 7.11 Å². The van der Waals surface area contributed by atoms with E-state index in [9.17, 15) is 9.59 Å². The summed E-state index contributed by atoms with van der Waals surface area (Å²) in [6, 6.07) is 6.36. The van der Waals surface area contributed by atoms with Gasteiger partial charge in [-0.05, 0) is 12.1 Å². The van der Waals surface area contributed by atoms with Gasteiger partial charge in [-0.15, -0.1) is 0 Å². The van der Waals surface area contributed by atoms with Crippen LogP contribution >= 0.6 is 0 Å². The van der Waals surface area contributed by atoms with Gasteiger partial charge in [0.25, 0.3) is 0 Å². The van der Waals surface area contributed by atoms with E-state index in [1.54, 1.807) is 24.3 Å². The van der Waals surface area contributed by atoms with Crippen LogP contribution in [0.3, 0.4) is 0 Å². The highest BCUT2D eigenvalue weighted by Gasteiger charge is 2.13. The Hall–Kier alpha value is -2.28. The van der Waals surface area contributed by atoms with Crippen molar-refractivity contribution >= 4 is 17.7 Å². The number of amides is 2. The molecule has 4 N–H and O–H groups in total. The topological polar surface area (TPSA) is 108 Å². The first-order valence-corrected chi connectivity index (χ1v) is 6.06. The SMILES string of the molecule is COc1cccc(NC(=O)NCC(CO)CC(=O)O)c1. The zero-order chi connectivity index (χ0) is 15.0. The number of carboxylic acid groups (broad SMARTS) is 1. The fraction of sp³-hybridized carbons (Fsp3) is 0.385. The van der Waals surface area contributed by atoms with Crippen LogP contribution < -0.4 is 15.4 Å². The van der Waals surface area contributed by atoms with E-state index in [2.05, 4.69) is 10.6 Å².